The van der Waals surface area contributed by atoms with Crippen molar-refractivity contribution in [2.24, 2.45) is 0 Å². The molecule has 0 saturated heterocycles. The summed E-state index contributed by atoms with van der Waals surface area (Å²) in [4.78, 5) is 11.2. The Bertz CT molecular complexity index is 2260. The van der Waals surface area contributed by atoms with E-state index in [0.717, 1.165) is 33.7 Å². The van der Waals surface area contributed by atoms with Crippen molar-refractivity contribution in [3.8, 4) is 51.8 Å². The number of halogens is 2. The second-order valence-electron chi connectivity index (χ2n) is 14.6. The molecule has 7 nitrogen and oxygen atoms in total. The predicted molar refractivity (Wildman–Crippen MR) is 247 cm³/mol. The number of unbranched alkanes of at least 4 members (excludes halogenated alkanes) is 6. The Labute approximate surface area is 367 Å². The van der Waals surface area contributed by atoms with Crippen LogP contribution in [0.3, 0.4) is 0 Å². The summed E-state index contributed by atoms with van der Waals surface area (Å²) in [7, 11) is 1.61. The van der Waals surface area contributed by atoms with Crippen molar-refractivity contribution in [2.75, 3.05) is 46.8 Å². The van der Waals surface area contributed by atoms with Gasteiger partial charge < -0.3 is 18.9 Å². The van der Waals surface area contributed by atoms with Gasteiger partial charge in [-0.25, -0.2) is 8.78 Å². The number of nitrogens with zero attached hydrogens (tertiary/aromatic N) is 3. The molecule has 13 heteroatoms. The average molecular weight is 890 g/mol. The molecule has 318 valence electrons. The fourth-order valence-corrected chi connectivity index (χ4v) is 11.3. The molecule has 7 aromatic rings. The van der Waals surface area contributed by atoms with Crippen molar-refractivity contribution in [1.82, 2.24) is 15.0 Å². The Morgan fingerprint density at radius 3 is 1.47 bits per heavy atom. The third-order valence-electron chi connectivity index (χ3n) is 10.1. The van der Waals surface area contributed by atoms with Crippen LogP contribution in [0.25, 0.3) is 57.1 Å². The normalized spacial score (nSPS) is 11.7. The van der Waals surface area contributed by atoms with Gasteiger partial charge in [0.05, 0.1) is 38.7 Å². The van der Waals surface area contributed by atoms with Crippen LogP contribution in [0.4, 0.5) is 8.78 Å². The first-order valence-corrected chi connectivity index (χ1v) is 24.3. The van der Waals surface area contributed by atoms with Gasteiger partial charge in [-0.15, -0.1) is 55.5 Å². The Kier molecular flexibility index (Phi) is 16.5. The molecule has 0 amide bonds. The highest BCUT2D eigenvalue weighted by molar-refractivity contribution is 7.24. The minimum Gasteiger partial charge on any atom is -0.485 e. The molecule has 60 heavy (non-hydrogen) atoms. The van der Waals surface area contributed by atoms with Gasteiger partial charge in [-0.2, -0.15) is 4.80 Å². The van der Waals surface area contributed by atoms with E-state index in [1.165, 1.54) is 97.6 Å². The van der Waals surface area contributed by atoms with Crippen molar-refractivity contribution in [1.29, 1.82) is 0 Å². The topological polar surface area (TPSA) is 67.6 Å². The molecule has 7 rings (SSSR count). The van der Waals surface area contributed by atoms with Gasteiger partial charge in [0.25, 0.3) is 0 Å². The Morgan fingerprint density at radius 2 is 0.967 bits per heavy atom. The predicted octanol–water partition coefficient (Wildman–Crippen LogP) is 13.9. The Balaban J connectivity index is 1.15. The summed E-state index contributed by atoms with van der Waals surface area (Å²) < 4.78 is 52.3. The van der Waals surface area contributed by atoms with Gasteiger partial charge in [0, 0.05) is 69.4 Å². The minimum absolute atomic E-state index is 0.0228. The maximum atomic E-state index is 15.5. The number of benzene rings is 2. The molecule has 0 bridgehead atoms. The molecule has 0 N–H and O–H groups in total. The fourth-order valence-electron chi connectivity index (χ4n) is 6.95. The summed E-state index contributed by atoms with van der Waals surface area (Å²) in [6.45, 7) is 6.31. The lowest BCUT2D eigenvalue weighted by molar-refractivity contribution is 0.0174. The number of fused-ring (bicyclic) bond motifs is 1. The maximum absolute atomic E-state index is 15.5. The molecular weight excluding hydrogens is 837 g/mol. The highest BCUT2D eigenvalue weighted by Crippen LogP contribution is 2.44. The molecule has 0 aliphatic carbocycles. The average Bonchev–Trinajstić information content (AvgIpc) is 4.11. The third kappa shape index (κ3) is 11.4. The third-order valence-corrected chi connectivity index (χ3v) is 15.1. The van der Waals surface area contributed by atoms with Crippen LogP contribution in [0.2, 0.25) is 0 Å². The summed E-state index contributed by atoms with van der Waals surface area (Å²) in [5.41, 5.74) is 3.31. The summed E-state index contributed by atoms with van der Waals surface area (Å²) >= 11 is 7.17. The highest BCUT2D eigenvalue weighted by Gasteiger charge is 2.21. The molecule has 0 aliphatic heterocycles. The number of hydrogen-bond acceptors (Lipinski definition) is 10. The molecule has 0 fully saturated rings. The number of ether oxygens (including phenoxy) is 4. The van der Waals surface area contributed by atoms with Crippen molar-refractivity contribution < 1.29 is 27.7 Å². The zero-order chi connectivity index (χ0) is 41.7. The van der Waals surface area contributed by atoms with E-state index in [0.29, 0.717) is 37.5 Å². The van der Waals surface area contributed by atoms with Crippen LogP contribution in [-0.2, 0) is 27.1 Å². The van der Waals surface area contributed by atoms with Gasteiger partial charge in [0.1, 0.15) is 17.6 Å². The zero-order valence-corrected chi connectivity index (χ0v) is 37.9. The summed E-state index contributed by atoms with van der Waals surface area (Å²) in [6, 6.07) is 24.2. The summed E-state index contributed by atoms with van der Waals surface area (Å²) in [6.07, 6.45) is 12.2. The van der Waals surface area contributed by atoms with Crippen molar-refractivity contribution in [3.05, 3.63) is 94.2 Å². The molecule has 0 spiro atoms. The molecule has 2 aromatic carbocycles. The Morgan fingerprint density at radius 1 is 0.517 bits per heavy atom. The van der Waals surface area contributed by atoms with Crippen LogP contribution >= 0.6 is 45.3 Å². The number of thiophene rings is 4. The lowest BCUT2D eigenvalue weighted by atomic mass is 10.1. The molecule has 0 aliphatic rings. The van der Waals surface area contributed by atoms with E-state index < -0.39 is 17.4 Å². The molecular formula is C47H53F2N3O4S4. The van der Waals surface area contributed by atoms with Crippen LogP contribution in [-0.4, -0.2) is 61.7 Å². The molecule has 5 aromatic heterocycles. The van der Waals surface area contributed by atoms with Gasteiger partial charge in [0.15, 0.2) is 17.4 Å². The van der Waals surface area contributed by atoms with Crippen molar-refractivity contribution in [3.63, 3.8) is 0 Å². The van der Waals surface area contributed by atoms with E-state index in [-0.39, 0.29) is 18.9 Å². The van der Waals surface area contributed by atoms with E-state index in [4.69, 9.17) is 29.1 Å². The second-order valence-corrected chi connectivity index (χ2v) is 19.1. The van der Waals surface area contributed by atoms with Crippen LogP contribution in [0.5, 0.6) is 5.75 Å². The largest absolute Gasteiger partial charge is 0.485 e. The number of rotatable bonds is 25. The number of aryl methyl sites for hydroxylation is 2. The van der Waals surface area contributed by atoms with Gasteiger partial charge in [-0.3, -0.25) is 0 Å². The molecule has 0 unspecified atom stereocenters. The van der Waals surface area contributed by atoms with E-state index in [2.05, 4.69) is 74.5 Å². The molecule has 0 saturated carbocycles. The summed E-state index contributed by atoms with van der Waals surface area (Å²) in [5, 5.41) is 9.86. The number of methoxy groups -OCH3 is 1. The quantitative estimate of drug-likeness (QED) is 0.0533. The summed E-state index contributed by atoms with van der Waals surface area (Å²) in [5.74, 6) is -2.16. The first kappa shape index (κ1) is 44.2. The highest BCUT2D eigenvalue weighted by atomic mass is 32.1. The Hall–Kier alpha value is -3.82. The van der Waals surface area contributed by atoms with Crippen LogP contribution in [0.15, 0.2) is 72.8 Å². The monoisotopic (exact) mass is 889 g/mol. The van der Waals surface area contributed by atoms with E-state index >= 15 is 8.78 Å². The van der Waals surface area contributed by atoms with E-state index in [1.807, 2.05) is 22.7 Å². The number of hydrogen-bond donors (Lipinski definition) is 0. The van der Waals surface area contributed by atoms with Gasteiger partial charge >= 0.3 is 0 Å². The van der Waals surface area contributed by atoms with Gasteiger partial charge in [-0.05, 0) is 74.2 Å². The van der Waals surface area contributed by atoms with E-state index in [1.54, 1.807) is 29.8 Å². The van der Waals surface area contributed by atoms with Gasteiger partial charge in [-0.1, -0.05) is 64.5 Å². The smallest absolute Gasteiger partial charge is 0.190 e. The molecule has 0 radical (unpaired) electrons. The maximum Gasteiger partial charge on any atom is 0.190 e. The standard InChI is InChI=1S/C47H53F2N3O4S4/c1-4-6-8-10-12-33-14-18-41(57-33)43-22-20-39(59-43)35-16-17-36(40-21-23-44(60-40)42-19-15-34(58-42)13-11-9-7-5-2)46-45(35)50-52(51-46)32-30-37(48)47(38(49)31-32)56-29-28-55-27-26-54-25-24-53-3/h14-23,30-31H,4-13,24-29H2,1-3H3. The molecule has 5 heterocycles. The minimum atomic E-state index is -0.845. The second kappa shape index (κ2) is 22.3. The van der Waals surface area contributed by atoms with Crippen molar-refractivity contribution in [2.45, 2.75) is 78.1 Å². The van der Waals surface area contributed by atoms with Gasteiger partial charge in [0.2, 0.25) is 0 Å². The van der Waals surface area contributed by atoms with Crippen LogP contribution in [0, 0.1) is 11.6 Å². The fraction of sp³-hybridized carbons (Fsp3) is 0.404. The van der Waals surface area contributed by atoms with Crippen LogP contribution in [0.1, 0.15) is 75.0 Å². The lowest BCUT2D eigenvalue weighted by Crippen LogP contribution is -2.13. The first-order chi connectivity index (χ1) is 29.4. The van der Waals surface area contributed by atoms with Crippen molar-refractivity contribution >= 4 is 56.4 Å². The SMILES string of the molecule is CCCCCCc1ccc(-c2ccc(-c3ccc(-c4ccc(-c5ccc(CCCCCC)s5)s4)c4nn(-c5cc(F)c(OCCOCCOCCOC)c(F)c5)nc34)s2)s1. The lowest BCUT2D eigenvalue weighted by Gasteiger charge is -2.10. The first-order valence-electron chi connectivity index (χ1n) is 21.0. The number of aromatic nitrogens is 3. The zero-order valence-electron chi connectivity index (χ0n) is 34.6. The van der Waals surface area contributed by atoms with Crippen LogP contribution < -0.4 is 4.74 Å². The molecule has 0 atom stereocenters. The van der Waals surface area contributed by atoms with E-state index in [9.17, 15) is 0 Å².